The molecule has 1 aromatic heterocycles. The van der Waals surface area contributed by atoms with Crippen LogP contribution in [0.5, 0.6) is 0 Å². The van der Waals surface area contributed by atoms with Gasteiger partial charge in [-0.15, -0.1) is 0 Å². The second-order valence-corrected chi connectivity index (χ2v) is 4.62. The summed E-state index contributed by atoms with van der Waals surface area (Å²) in [6, 6.07) is 5.00. The second kappa shape index (κ2) is 7.21. The topological polar surface area (TPSA) is 114 Å². The van der Waals surface area contributed by atoms with Gasteiger partial charge < -0.3 is 20.8 Å². The molecule has 23 heavy (non-hydrogen) atoms. The van der Waals surface area contributed by atoms with Crippen molar-refractivity contribution in [3.63, 3.8) is 0 Å². The zero-order valence-electron chi connectivity index (χ0n) is 12.0. The summed E-state index contributed by atoms with van der Waals surface area (Å²) in [7, 11) is 0. The van der Waals surface area contributed by atoms with Crippen LogP contribution in [0.15, 0.2) is 41.2 Å². The van der Waals surface area contributed by atoms with Crippen LogP contribution in [-0.2, 0) is 4.79 Å². The molecule has 4 N–H and O–H groups in total. The minimum Gasteiger partial charge on any atom is -0.472 e. The molecule has 0 aliphatic rings. The maximum atomic E-state index is 13.3. The average molecular weight is 319 g/mol. The normalized spacial score (nSPS) is 10.1. The third kappa shape index (κ3) is 4.40. The van der Waals surface area contributed by atoms with Crippen molar-refractivity contribution in [2.45, 2.75) is 6.42 Å². The Labute approximate surface area is 130 Å². The smallest absolute Gasteiger partial charge is 0.254 e. The van der Waals surface area contributed by atoms with Crippen LogP contribution in [0.25, 0.3) is 0 Å². The van der Waals surface area contributed by atoms with Gasteiger partial charge in [0.25, 0.3) is 11.8 Å². The SMILES string of the molecule is NC(=O)c1cc(NC(=O)CCNC(=O)c2ccoc2)ccc1F. The number of halogens is 1. The van der Waals surface area contributed by atoms with Crippen LogP contribution in [0.2, 0.25) is 0 Å². The summed E-state index contributed by atoms with van der Waals surface area (Å²) in [6.07, 6.45) is 2.67. The van der Waals surface area contributed by atoms with E-state index in [0.717, 1.165) is 12.1 Å². The van der Waals surface area contributed by atoms with E-state index in [2.05, 4.69) is 10.6 Å². The van der Waals surface area contributed by atoms with Gasteiger partial charge in [0.05, 0.1) is 17.4 Å². The van der Waals surface area contributed by atoms with Crippen molar-refractivity contribution in [2.24, 2.45) is 5.73 Å². The Morgan fingerprint density at radius 1 is 1.22 bits per heavy atom. The Hall–Kier alpha value is -3.16. The number of amides is 3. The van der Waals surface area contributed by atoms with Crippen molar-refractivity contribution < 1.29 is 23.2 Å². The molecule has 2 rings (SSSR count). The first-order valence-corrected chi connectivity index (χ1v) is 6.67. The van der Waals surface area contributed by atoms with E-state index in [1.807, 2.05) is 0 Å². The van der Waals surface area contributed by atoms with Gasteiger partial charge in [-0.3, -0.25) is 14.4 Å². The van der Waals surface area contributed by atoms with Crippen LogP contribution >= 0.6 is 0 Å². The summed E-state index contributed by atoms with van der Waals surface area (Å²) < 4.78 is 18.1. The molecule has 1 heterocycles. The third-order valence-corrected chi connectivity index (χ3v) is 2.94. The minimum absolute atomic E-state index is 0.00682. The lowest BCUT2D eigenvalue weighted by Crippen LogP contribution is -2.27. The van der Waals surface area contributed by atoms with Crippen molar-refractivity contribution in [3.05, 3.63) is 53.7 Å². The summed E-state index contributed by atoms with van der Waals surface area (Å²) >= 11 is 0. The highest BCUT2D eigenvalue weighted by Crippen LogP contribution is 2.14. The van der Waals surface area contributed by atoms with Crippen LogP contribution in [0.3, 0.4) is 0 Å². The Morgan fingerprint density at radius 2 is 2.00 bits per heavy atom. The van der Waals surface area contributed by atoms with E-state index in [0.29, 0.717) is 5.56 Å². The maximum Gasteiger partial charge on any atom is 0.254 e. The standard InChI is InChI=1S/C15H14FN3O4/c16-12-2-1-10(7-11(12)14(17)21)19-13(20)3-5-18-15(22)9-4-6-23-8-9/h1-2,4,6-8H,3,5H2,(H2,17,21)(H,18,22)(H,19,20). The van der Waals surface area contributed by atoms with Gasteiger partial charge in [0, 0.05) is 18.7 Å². The van der Waals surface area contributed by atoms with Crippen LogP contribution in [0, 0.1) is 5.82 Å². The van der Waals surface area contributed by atoms with E-state index in [4.69, 9.17) is 10.2 Å². The van der Waals surface area contributed by atoms with E-state index < -0.39 is 17.6 Å². The first-order chi connectivity index (χ1) is 11.0. The van der Waals surface area contributed by atoms with Crippen molar-refractivity contribution >= 4 is 23.4 Å². The molecule has 0 atom stereocenters. The first kappa shape index (κ1) is 16.2. The predicted molar refractivity (Wildman–Crippen MR) is 79.2 cm³/mol. The van der Waals surface area contributed by atoms with Gasteiger partial charge in [0.2, 0.25) is 5.91 Å². The molecule has 7 nitrogen and oxygen atoms in total. The molecule has 0 bridgehead atoms. The molecule has 0 fully saturated rings. The van der Waals surface area contributed by atoms with Crippen molar-refractivity contribution in [2.75, 3.05) is 11.9 Å². The van der Waals surface area contributed by atoms with E-state index >= 15 is 0 Å². The molecule has 8 heteroatoms. The van der Waals surface area contributed by atoms with Gasteiger partial charge in [-0.25, -0.2) is 4.39 Å². The molecule has 120 valence electrons. The minimum atomic E-state index is -0.925. The van der Waals surface area contributed by atoms with Crippen molar-refractivity contribution in [1.82, 2.24) is 5.32 Å². The number of primary amides is 1. The largest absolute Gasteiger partial charge is 0.472 e. The fourth-order valence-electron chi connectivity index (χ4n) is 1.80. The molecular weight excluding hydrogens is 305 g/mol. The zero-order valence-corrected chi connectivity index (χ0v) is 12.0. The zero-order chi connectivity index (χ0) is 16.8. The average Bonchev–Trinajstić information content (AvgIpc) is 3.03. The molecule has 0 radical (unpaired) electrons. The molecule has 0 saturated carbocycles. The van der Waals surface area contributed by atoms with Gasteiger partial charge in [0.15, 0.2) is 0 Å². The summed E-state index contributed by atoms with van der Waals surface area (Å²) in [5.74, 6) is -2.45. The molecule has 0 saturated heterocycles. The number of hydrogen-bond acceptors (Lipinski definition) is 4. The van der Waals surface area contributed by atoms with Gasteiger partial charge in [0.1, 0.15) is 12.1 Å². The Kier molecular flexibility index (Phi) is 5.08. The number of nitrogens with two attached hydrogens (primary N) is 1. The highest BCUT2D eigenvalue weighted by molar-refractivity contribution is 5.97. The van der Waals surface area contributed by atoms with Gasteiger partial charge in [-0.2, -0.15) is 0 Å². The first-order valence-electron chi connectivity index (χ1n) is 6.67. The number of rotatable bonds is 6. The van der Waals surface area contributed by atoms with Gasteiger partial charge in [-0.1, -0.05) is 0 Å². The van der Waals surface area contributed by atoms with E-state index in [1.54, 1.807) is 0 Å². The number of anilines is 1. The maximum absolute atomic E-state index is 13.3. The summed E-state index contributed by atoms with van der Waals surface area (Å²) in [4.78, 5) is 34.4. The van der Waals surface area contributed by atoms with Gasteiger partial charge >= 0.3 is 0 Å². The Bertz CT molecular complexity index is 728. The fourth-order valence-corrected chi connectivity index (χ4v) is 1.80. The van der Waals surface area contributed by atoms with Crippen molar-refractivity contribution in [1.29, 1.82) is 0 Å². The number of hydrogen-bond donors (Lipinski definition) is 3. The highest BCUT2D eigenvalue weighted by Gasteiger charge is 2.11. The van der Waals surface area contributed by atoms with E-state index in [1.165, 1.54) is 24.7 Å². The Morgan fingerprint density at radius 3 is 2.65 bits per heavy atom. The molecule has 1 aromatic carbocycles. The lowest BCUT2D eigenvalue weighted by Gasteiger charge is -2.07. The monoisotopic (exact) mass is 319 g/mol. The number of carbonyl (C=O) groups excluding carboxylic acids is 3. The summed E-state index contributed by atoms with van der Waals surface area (Å²) in [6.45, 7) is 0.111. The molecule has 0 aliphatic heterocycles. The molecular formula is C15H14FN3O4. The Balaban J connectivity index is 1.84. The summed E-state index contributed by atoms with van der Waals surface area (Å²) in [5, 5.41) is 5.04. The number of carbonyl (C=O) groups is 3. The van der Waals surface area contributed by atoms with Crippen LogP contribution in [-0.4, -0.2) is 24.3 Å². The van der Waals surface area contributed by atoms with Crippen LogP contribution in [0.1, 0.15) is 27.1 Å². The molecule has 0 unspecified atom stereocenters. The lowest BCUT2D eigenvalue weighted by atomic mass is 10.1. The lowest BCUT2D eigenvalue weighted by molar-refractivity contribution is -0.116. The quantitative estimate of drug-likeness (QED) is 0.744. The number of benzene rings is 1. The predicted octanol–water partition coefficient (Wildman–Crippen LogP) is 1.28. The number of nitrogens with one attached hydrogen (secondary N) is 2. The molecule has 0 spiro atoms. The fraction of sp³-hybridized carbons (Fsp3) is 0.133. The van der Waals surface area contributed by atoms with Crippen LogP contribution in [0.4, 0.5) is 10.1 Å². The van der Waals surface area contributed by atoms with Crippen LogP contribution < -0.4 is 16.4 Å². The van der Waals surface area contributed by atoms with E-state index in [-0.39, 0.29) is 30.1 Å². The summed E-state index contributed by atoms with van der Waals surface area (Å²) in [5.41, 5.74) is 5.32. The second-order valence-electron chi connectivity index (χ2n) is 4.62. The third-order valence-electron chi connectivity index (χ3n) is 2.94. The van der Waals surface area contributed by atoms with Crippen molar-refractivity contribution in [3.8, 4) is 0 Å². The number of furan rings is 1. The molecule has 0 aliphatic carbocycles. The van der Waals surface area contributed by atoms with E-state index in [9.17, 15) is 18.8 Å². The highest BCUT2D eigenvalue weighted by atomic mass is 19.1. The van der Waals surface area contributed by atoms with Gasteiger partial charge in [-0.05, 0) is 24.3 Å². The molecule has 3 amide bonds. The molecule has 2 aromatic rings.